The molecule has 168 valence electrons. The average molecular weight is 438 g/mol. The first-order chi connectivity index (χ1) is 15.5. The minimum Gasteiger partial charge on any atom is -0.481 e. The quantitative estimate of drug-likeness (QED) is 0.708. The van der Waals surface area contributed by atoms with Gasteiger partial charge in [-0.3, -0.25) is 9.89 Å². The molecule has 2 aliphatic rings. The third-order valence-electron chi connectivity index (χ3n) is 6.20. The van der Waals surface area contributed by atoms with Crippen LogP contribution in [0.1, 0.15) is 43.4 Å². The number of likely N-dealkylation sites (tertiary alicyclic amines) is 1. The summed E-state index contributed by atoms with van der Waals surface area (Å²) < 4.78 is 10.7. The Bertz CT molecular complexity index is 1010. The number of carbonyl (C=O) groups is 2. The van der Waals surface area contributed by atoms with Crippen molar-refractivity contribution in [3.63, 3.8) is 0 Å². The molecule has 10 heteroatoms. The Balaban J connectivity index is 1.25. The Hall–Kier alpha value is -3.61. The summed E-state index contributed by atoms with van der Waals surface area (Å²) in [5, 5.41) is 19.0. The molecule has 4 atom stereocenters. The van der Waals surface area contributed by atoms with E-state index in [0.717, 1.165) is 24.1 Å². The minimum atomic E-state index is -0.347. The number of rotatable bonds is 6. The smallest absolute Gasteiger partial charge is 0.410 e. The van der Waals surface area contributed by atoms with Crippen molar-refractivity contribution in [1.82, 2.24) is 20.1 Å². The molecular weight excluding hydrogens is 412 g/mol. The van der Waals surface area contributed by atoms with Crippen LogP contribution in [-0.2, 0) is 16.0 Å². The zero-order valence-electron chi connectivity index (χ0n) is 18.1. The van der Waals surface area contributed by atoms with Gasteiger partial charge in [0.25, 0.3) is 0 Å². The van der Waals surface area contributed by atoms with Crippen molar-refractivity contribution in [2.45, 2.75) is 50.7 Å². The third kappa shape index (κ3) is 4.66. The molecule has 2 aromatic heterocycles. The summed E-state index contributed by atoms with van der Waals surface area (Å²) in [6, 6.07) is 7.43. The van der Waals surface area contributed by atoms with E-state index in [-0.39, 0.29) is 42.4 Å². The van der Waals surface area contributed by atoms with E-state index in [1.807, 2.05) is 13.0 Å². The van der Waals surface area contributed by atoms with E-state index in [1.54, 1.807) is 23.2 Å². The monoisotopic (exact) mass is 438 g/mol. The molecule has 1 unspecified atom stereocenters. The van der Waals surface area contributed by atoms with Gasteiger partial charge in [-0.25, -0.2) is 9.78 Å². The van der Waals surface area contributed by atoms with Crippen LogP contribution in [-0.4, -0.2) is 57.9 Å². The highest BCUT2D eigenvalue weighted by molar-refractivity contribution is 5.91. The summed E-state index contributed by atoms with van der Waals surface area (Å²) in [5.41, 5.74) is 1.68. The number of hydrogen-bond acceptors (Lipinski definition) is 7. The third-order valence-corrected chi connectivity index (χ3v) is 6.20. The highest BCUT2D eigenvalue weighted by Crippen LogP contribution is 2.36. The first-order valence-corrected chi connectivity index (χ1v) is 10.7. The number of carbonyl (C=O) groups excluding carboxylic acids is 2. The first-order valence-electron chi connectivity index (χ1n) is 10.7. The van der Waals surface area contributed by atoms with Crippen LogP contribution in [0.15, 0.2) is 24.4 Å². The number of amides is 2. The number of nitrogens with zero attached hydrogens (tertiary/aromatic N) is 4. The van der Waals surface area contributed by atoms with Crippen LogP contribution >= 0.6 is 0 Å². The largest absolute Gasteiger partial charge is 0.481 e. The van der Waals surface area contributed by atoms with Crippen molar-refractivity contribution in [3.8, 4) is 11.9 Å². The summed E-state index contributed by atoms with van der Waals surface area (Å²) in [6.07, 6.45) is 3.61. The normalized spacial score (nSPS) is 24.3. The molecule has 0 radical (unpaired) electrons. The number of nitriles is 1. The van der Waals surface area contributed by atoms with Crippen molar-refractivity contribution in [1.29, 1.82) is 5.26 Å². The molecule has 1 aliphatic carbocycles. The van der Waals surface area contributed by atoms with Crippen LogP contribution in [0.2, 0.25) is 0 Å². The minimum absolute atomic E-state index is 0.0998. The highest BCUT2D eigenvalue weighted by Gasteiger charge is 2.41. The molecule has 2 fully saturated rings. The molecule has 3 heterocycles. The van der Waals surface area contributed by atoms with Crippen LogP contribution in [0, 0.1) is 17.2 Å². The molecule has 32 heavy (non-hydrogen) atoms. The summed E-state index contributed by atoms with van der Waals surface area (Å²) in [6.45, 7) is 2.30. The standard InChI is InChI=1S/C22H26N6O4/c1-13-16(10-23)12-28(13)22(30)32-17-5-4-15(8-17)18-9-19(27-26-18)25-20(29)7-14-3-6-21(31-2)24-11-14/h3,6,9,11,13,15-17H,4-5,7-8,12H2,1-2H3,(H2,25,26,27,29)/t13-,15-,16+,17?/m0/s1. The van der Waals surface area contributed by atoms with E-state index in [2.05, 4.69) is 26.6 Å². The number of hydrogen-bond donors (Lipinski definition) is 2. The Kier molecular flexibility index (Phi) is 6.25. The van der Waals surface area contributed by atoms with Crippen LogP contribution < -0.4 is 10.1 Å². The number of nitrogens with one attached hydrogen (secondary N) is 2. The Morgan fingerprint density at radius 1 is 1.38 bits per heavy atom. The molecule has 2 aromatic rings. The van der Waals surface area contributed by atoms with Gasteiger partial charge in [0, 0.05) is 42.5 Å². The van der Waals surface area contributed by atoms with Gasteiger partial charge in [0.2, 0.25) is 11.8 Å². The Morgan fingerprint density at radius 2 is 2.22 bits per heavy atom. The summed E-state index contributed by atoms with van der Waals surface area (Å²) in [7, 11) is 1.54. The van der Waals surface area contributed by atoms with E-state index < -0.39 is 0 Å². The average Bonchev–Trinajstić information content (AvgIpc) is 3.43. The van der Waals surface area contributed by atoms with Crippen molar-refractivity contribution in [3.05, 3.63) is 35.7 Å². The van der Waals surface area contributed by atoms with Gasteiger partial charge in [0.15, 0.2) is 5.82 Å². The van der Waals surface area contributed by atoms with Crippen molar-refractivity contribution in [2.24, 2.45) is 5.92 Å². The van der Waals surface area contributed by atoms with Crippen molar-refractivity contribution >= 4 is 17.8 Å². The molecule has 0 bridgehead atoms. The van der Waals surface area contributed by atoms with Gasteiger partial charge >= 0.3 is 6.09 Å². The Labute approximate surface area is 185 Å². The maximum atomic E-state index is 12.3. The van der Waals surface area contributed by atoms with Gasteiger partial charge in [-0.05, 0) is 31.7 Å². The van der Waals surface area contributed by atoms with E-state index in [9.17, 15) is 9.59 Å². The van der Waals surface area contributed by atoms with Gasteiger partial charge in [-0.1, -0.05) is 6.07 Å². The maximum Gasteiger partial charge on any atom is 0.410 e. The lowest BCUT2D eigenvalue weighted by atomic mass is 9.92. The predicted octanol–water partition coefficient (Wildman–Crippen LogP) is 2.61. The number of aromatic amines is 1. The molecule has 0 spiro atoms. The fourth-order valence-electron chi connectivity index (χ4n) is 4.16. The number of aromatic nitrogens is 3. The highest BCUT2D eigenvalue weighted by atomic mass is 16.6. The zero-order valence-corrected chi connectivity index (χ0v) is 18.1. The van der Waals surface area contributed by atoms with Gasteiger partial charge in [0.05, 0.1) is 25.5 Å². The molecule has 2 N–H and O–H groups in total. The van der Waals surface area contributed by atoms with Gasteiger partial charge in [-0.15, -0.1) is 0 Å². The molecule has 1 saturated carbocycles. The number of pyridine rings is 1. The molecule has 0 aromatic carbocycles. The number of methoxy groups -OCH3 is 1. The lowest BCUT2D eigenvalue weighted by Gasteiger charge is -2.42. The number of H-pyrrole nitrogens is 1. The summed E-state index contributed by atoms with van der Waals surface area (Å²) in [4.78, 5) is 30.3. The second kappa shape index (κ2) is 9.26. The second-order valence-corrected chi connectivity index (χ2v) is 8.29. The van der Waals surface area contributed by atoms with Crippen LogP contribution in [0.5, 0.6) is 5.88 Å². The lowest BCUT2D eigenvalue weighted by Crippen LogP contribution is -2.57. The molecule has 10 nitrogen and oxygen atoms in total. The van der Waals surface area contributed by atoms with Crippen molar-refractivity contribution in [2.75, 3.05) is 19.0 Å². The SMILES string of the molecule is COc1ccc(CC(=O)Nc2cc([C@H]3CCC(OC(=O)N4C[C@@H](C#N)[C@@H]4C)C3)[nH]n2)cn1. The van der Waals surface area contributed by atoms with E-state index in [1.165, 1.54) is 7.11 Å². The maximum absolute atomic E-state index is 12.3. The molecule has 4 rings (SSSR count). The van der Waals surface area contributed by atoms with Gasteiger partial charge < -0.3 is 19.7 Å². The van der Waals surface area contributed by atoms with Gasteiger partial charge in [-0.2, -0.15) is 10.4 Å². The number of anilines is 1. The van der Waals surface area contributed by atoms with Crippen molar-refractivity contribution < 1.29 is 19.1 Å². The fraction of sp³-hybridized carbons (Fsp3) is 0.500. The second-order valence-electron chi connectivity index (χ2n) is 8.29. The topological polar surface area (TPSA) is 133 Å². The summed E-state index contributed by atoms with van der Waals surface area (Å²) >= 11 is 0. The fourth-order valence-corrected chi connectivity index (χ4v) is 4.16. The lowest BCUT2D eigenvalue weighted by molar-refractivity contribution is -0.115. The predicted molar refractivity (Wildman–Crippen MR) is 114 cm³/mol. The van der Waals surface area contributed by atoms with E-state index >= 15 is 0 Å². The number of ether oxygens (including phenoxy) is 2. The molecule has 2 amide bonds. The zero-order chi connectivity index (χ0) is 22.7. The van der Waals surface area contributed by atoms with Crippen LogP contribution in [0.3, 0.4) is 0 Å². The van der Waals surface area contributed by atoms with Gasteiger partial charge in [0.1, 0.15) is 6.10 Å². The Morgan fingerprint density at radius 3 is 2.91 bits per heavy atom. The molecule has 1 saturated heterocycles. The van der Waals surface area contributed by atoms with E-state index in [4.69, 9.17) is 14.7 Å². The molecule has 1 aliphatic heterocycles. The summed E-state index contributed by atoms with van der Waals surface area (Å²) in [5.74, 6) is 0.838. The molecular formula is C22H26N6O4. The van der Waals surface area contributed by atoms with E-state index in [0.29, 0.717) is 24.7 Å². The van der Waals surface area contributed by atoms with Crippen LogP contribution in [0.4, 0.5) is 10.6 Å². The van der Waals surface area contributed by atoms with Crippen LogP contribution in [0.25, 0.3) is 0 Å². The first kappa shape index (κ1) is 21.6.